The molecular weight excluding hydrogens is 470 g/mol. The first-order chi connectivity index (χ1) is 15.9. The van der Waals surface area contributed by atoms with Gasteiger partial charge in [-0.25, -0.2) is 4.39 Å². The fraction of sp³-hybridized carbons (Fsp3) is 0.333. The van der Waals surface area contributed by atoms with E-state index in [1.165, 1.54) is 12.1 Å². The fourth-order valence-electron chi connectivity index (χ4n) is 3.96. The Morgan fingerprint density at radius 2 is 1.85 bits per heavy atom. The Balaban J connectivity index is 1.18. The Labute approximate surface area is 200 Å². The number of amides is 2. The van der Waals surface area contributed by atoms with E-state index in [0.717, 1.165) is 17.0 Å². The summed E-state index contributed by atoms with van der Waals surface area (Å²) in [4.78, 5) is 24.7. The first-order valence-electron chi connectivity index (χ1n) is 10.7. The molecular formula is C24H23Cl2FN2O4. The Kier molecular flexibility index (Phi) is 7.40. The third kappa shape index (κ3) is 6.18. The molecule has 1 heterocycles. The quantitative estimate of drug-likeness (QED) is 0.471. The number of hydrogen-bond acceptors (Lipinski definition) is 4. The summed E-state index contributed by atoms with van der Waals surface area (Å²) >= 11 is 11.6. The number of rotatable bonds is 7. The molecule has 9 heteroatoms. The number of carbonyl (C=O) groups excluding carboxylic acids is 2. The number of furan rings is 1. The van der Waals surface area contributed by atoms with Crippen LogP contribution in [0.3, 0.4) is 0 Å². The molecule has 0 aliphatic heterocycles. The number of hydrogen-bond donors (Lipinski definition) is 2. The lowest BCUT2D eigenvalue weighted by molar-refractivity contribution is -0.126. The topological polar surface area (TPSA) is 80.6 Å². The minimum atomic E-state index is -0.601. The van der Waals surface area contributed by atoms with Gasteiger partial charge < -0.3 is 19.8 Å². The molecule has 1 saturated carbocycles. The van der Waals surface area contributed by atoms with Crippen molar-refractivity contribution >= 4 is 46.0 Å². The fourth-order valence-corrected chi connectivity index (χ4v) is 4.26. The molecule has 6 nitrogen and oxygen atoms in total. The lowest BCUT2D eigenvalue weighted by Crippen LogP contribution is -2.42. The molecule has 1 aliphatic carbocycles. The van der Waals surface area contributed by atoms with E-state index >= 15 is 0 Å². The highest BCUT2D eigenvalue weighted by Gasteiger charge is 2.27. The largest absolute Gasteiger partial charge is 0.484 e. The predicted molar refractivity (Wildman–Crippen MR) is 124 cm³/mol. The van der Waals surface area contributed by atoms with E-state index in [0.29, 0.717) is 43.0 Å². The summed E-state index contributed by atoms with van der Waals surface area (Å²) in [7, 11) is 0. The third-order valence-corrected chi connectivity index (χ3v) is 6.23. The van der Waals surface area contributed by atoms with Gasteiger partial charge in [-0.05, 0) is 62.1 Å². The van der Waals surface area contributed by atoms with Gasteiger partial charge in [-0.15, -0.1) is 0 Å². The first-order valence-corrected chi connectivity index (χ1v) is 11.5. The van der Waals surface area contributed by atoms with Crippen LogP contribution in [0.5, 0.6) is 5.75 Å². The standard InChI is InChI=1S/C24H23Cl2FN2O4/c25-16-3-8-22-15(9-16)10-19(33-22)12-28-24(31)14-1-4-17(5-2-14)29-23(30)13-32-18-6-7-20(26)21(27)11-18/h3,6-11,14,17H,1-2,4-5,12-13H2,(H,28,31)(H,29,30)/t14-,17-. The van der Waals surface area contributed by atoms with Gasteiger partial charge in [0.2, 0.25) is 5.91 Å². The van der Waals surface area contributed by atoms with Crippen LogP contribution in [0.2, 0.25) is 10.0 Å². The normalized spacial score (nSPS) is 18.2. The van der Waals surface area contributed by atoms with E-state index in [-0.39, 0.29) is 41.2 Å². The van der Waals surface area contributed by atoms with Crippen molar-refractivity contribution in [3.63, 3.8) is 0 Å². The second-order valence-electron chi connectivity index (χ2n) is 8.09. The van der Waals surface area contributed by atoms with Crippen molar-refractivity contribution in [2.45, 2.75) is 38.3 Å². The molecule has 0 unspecified atom stereocenters. The van der Waals surface area contributed by atoms with E-state index in [9.17, 15) is 14.0 Å². The van der Waals surface area contributed by atoms with Gasteiger partial charge in [-0.1, -0.05) is 23.2 Å². The average Bonchev–Trinajstić information content (AvgIpc) is 3.21. The second kappa shape index (κ2) is 10.4. The molecule has 0 spiro atoms. The maximum absolute atomic E-state index is 13.4. The molecule has 0 atom stereocenters. The minimum Gasteiger partial charge on any atom is -0.484 e. The average molecular weight is 493 g/mol. The van der Waals surface area contributed by atoms with Crippen LogP contribution < -0.4 is 15.4 Å². The molecule has 2 aromatic carbocycles. The van der Waals surface area contributed by atoms with Crippen LogP contribution in [0.15, 0.2) is 46.9 Å². The molecule has 174 valence electrons. The van der Waals surface area contributed by atoms with Crippen molar-refractivity contribution in [2.75, 3.05) is 6.61 Å². The maximum Gasteiger partial charge on any atom is 0.258 e. The highest BCUT2D eigenvalue weighted by molar-refractivity contribution is 6.31. The van der Waals surface area contributed by atoms with Crippen molar-refractivity contribution < 1.29 is 23.1 Å². The summed E-state index contributed by atoms with van der Waals surface area (Å²) in [5.74, 6) is -0.113. The summed E-state index contributed by atoms with van der Waals surface area (Å²) in [6.45, 7) is 0.0919. The molecule has 1 fully saturated rings. The zero-order valence-corrected chi connectivity index (χ0v) is 19.2. The number of carbonyl (C=O) groups is 2. The van der Waals surface area contributed by atoms with E-state index in [1.54, 1.807) is 12.1 Å². The van der Waals surface area contributed by atoms with Crippen LogP contribution in [-0.4, -0.2) is 24.5 Å². The number of ether oxygens (including phenoxy) is 1. The van der Waals surface area contributed by atoms with Gasteiger partial charge in [0.05, 0.1) is 11.6 Å². The van der Waals surface area contributed by atoms with E-state index in [2.05, 4.69) is 10.6 Å². The van der Waals surface area contributed by atoms with Gasteiger partial charge in [0, 0.05) is 28.4 Å². The van der Waals surface area contributed by atoms with Crippen molar-refractivity contribution in [3.05, 3.63) is 64.1 Å². The highest BCUT2D eigenvalue weighted by Crippen LogP contribution is 2.26. The summed E-state index contributed by atoms with van der Waals surface area (Å²) in [6.07, 6.45) is 2.75. The van der Waals surface area contributed by atoms with Crippen LogP contribution in [0, 0.1) is 11.7 Å². The molecule has 33 heavy (non-hydrogen) atoms. The van der Waals surface area contributed by atoms with Gasteiger partial charge in [0.15, 0.2) is 6.61 Å². The number of halogens is 3. The zero-order valence-electron chi connectivity index (χ0n) is 17.7. The van der Waals surface area contributed by atoms with Crippen LogP contribution in [-0.2, 0) is 16.1 Å². The summed E-state index contributed by atoms with van der Waals surface area (Å²) in [5, 5.41) is 7.37. The Bertz CT molecular complexity index is 1160. The molecule has 2 N–H and O–H groups in total. The van der Waals surface area contributed by atoms with Crippen molar-refractivity contribution in [2.24, 2.45) is 5.92 Å². The predicted octanol–water partition coefficient (Wildman–Crippen LogP) is 5.25. The molecule has 4 rings (SSSR count). The summed E-state index contributed by atoms with van der Waals surface area (Å²) in [5.41, 5.74) is 0.727. The molecule has 0 bridgehead atoms. The van der Waals surface area contributed by atoms with E-state index in [4.69, 9.17) is 32.4 Å². The van der Waals surface area contributed by atoms with E-state index < -0.39 is 5.82 Å². The molecule has 0 saturated heterocycles. The first kappa shape index (κ1) is 23.4. The SMILES string of the molecule is O=C(COc1ccc(Cl)c(F)c1)N[C@H]1CC[C@H](C(=O)NCc2cc3cc(Cl)ccc3o2)CC1. The van der Waals surface area contributed by atoms with Crippen molar-refractivity contribution in [1.29, 1.82) is 0 Å². The number of fused-ring (bicyclic) bond motifs is 1. The number of benzene rings is 2. The summed E-state index contributed by atoms with van der Waals surface area (Å²) in [6, 6.07) is 11.2. The molecule has 1 aliphatic rings. The number of nitrogens with one attached hydrogen (secondary N) is 2. The second-order valence-corrected chi connectivity index (χ2v) is 8.94. The Morgan fingerprint density at radius 3 is 2.61 bits per heavy atom. The lowest BCUT2D eigenvalue weighted by Gasteiger charge is -2.28. The molecule has 2 amide bonds. The van der Waals surface area contributed by atoms with Crippen LogP contribution in [0.1, 0.15) is 31.4 Å². The van der Waals surface area contributed by atoms with Crippen molar-refractivity contribution in [3.8, 4) is 5.75 Å². The Morgan fingerprint density at radius 1 is 1.06 bits per heavy atom. The van der Waals surface area contributed by atoms with Gasteiger partial charge >= 0.3 is 0 Å². The molecule has 1 aromatic heterocycles. The third-order valence-electron chi connectivity index (χ3n) is 5.69. The van der Waals surface area contributed by atoms with Crippen molar-refractivity contribution in [1.82, 2.24) is 10.6 Å². The highest BCUT2D eigenvalue weighted by atomic mass is 35.5. The smallest absolute Gasteiger partial charge is 0.258 e. The van der Waals surface area contributed by atoms with Gasteiger partial charge in [0.1, 0.15) is 22.9 Å². The van der Waals surface area contributed by atoms with Crippen LogP contribution >= 0.6 is 23.2 Å². The monoisotopic (exact) mass is 492 g/mol. The Hall–Kier alpha value is -2.77. The minimum absolute atomic E-state index is 0.00454. The van der Waals surface area contributed by atoms with Crippen LogP contribution in [0.4, 0.5) is 4.39 Å². The maximum atomic E-state index is 13.4. The van der Waals surface area contributed by atoms with E-state index in [1.807, 2.05) is 12.1 Å². The van der Waals surface area contributed by atoms with Gasteiger partial charge in [-0.3, -0.25) is 9.59 Å². The lowest BCUT2D eigenvalue weighted by atomic mass is 9.85. The molecule has 3 aromatic rings. The summed E-state index contributed by atoms with van der Waals surface area (Å²) < 4.78 is 24.5. The van der Waals surface area contributed by atoms with Gasteiger partial charge in [0.25, 0.3) is 5.91 Å². The zero-order chi connectivity index (χ0) is 23.4. The van der Waals surface area contributed by atoms with Gasteiger partial charge in [-0.2, -0.15) is 0 Å². The van der Waals surface area contributed by atoms with Crippen LogP contribution in [0.25, 0.3) is 11.0 Å². The molecule has 0 radical (unpaired) electrons.